The number of anilines is 2. The molecule has 0 aliphatic carbocycles. The van der Waals surface area contributed by atoms with Crippen LogP contribution in [-0.4, -0.2) is 67.1 Å². The van der Waals surface area contributed by atoms with Crippen LogP contribution in [0, 0.1) is 6.92 Å². The number of carbonyl (C=O) groups is 2. The predicted molar refractivity (Wildman–Crippen MR) is 134 cm³/mol. The summed E-state index contributed by atoms with van der Waals surface area (Å²) in [7, 11) is 0. The Morgan fingerprint density at radius 1 is 1.09 bits per heavy atom. The second-order valence-electron chi connectivity index (χ2n) is 8.97. The van der Waals surface area contributed by atoms with Gasteiger partial charge >= 0.3 is 6.03 Å². The molecule has 1 aromatic heterocycles. The Balaban J connectivity index is 1.14. The van der Waals surface area contributed by atoms with Crippen molar-refractivity contribution in [3.05, 3.63) is 65.9 Å². The SMILES string of the molecule is Cc1ccc2c(N3CCN(CCc4cccc(NC(=O)C5CNC(=O)N5)c4)CC3)cccc2n1. The maximum atomic E-state index is 12.3. The van der Waals surface area contributed by atoms with Gasteiger partial charge in [0.15, 0.2) is 0 Å². The fourth-order valence-electron chi connectivity index (χ4n) is 4.66. The van der Waals surface area contributed by atoms with Crippen molar-refractivity contribution in [1.82, 2.24) is 20.5 Å². The molecule has 2 aromatic carbocycles. The van der Waals surface area contributed by atoms with E-state index in [1.54, 1.807) is 0 Å². The van der Waals surface area contributed by atoms with E-state index in [0.29, 0.717) is 6.54 Å². The molecule has 34 heavy (non-hydrogen) atoms. The molecular formula is C26H30N6O2. The van der Waals surface area contributed by atoms with Crippen LogP contribution in [0.1, 0.15) is 11.3 Å². The van der Waals surface area contributed by atoms with Crippen LogP contribution in [0.2, 0.25) is 0 Å². The fraction of sp³-hybridized carbons (Fsp3) is 0.346. The molecule has 2 fully saturated rings. The van der Waals surface area contributed by atoms with Gasteiger partial charge in [-0.3, -0.25) is 14.7 Å². The monoisotopic (exact) mass is 458 g/mol. The van der Waals surface area contributed by atoms with Gasteiger partial charge in [-0.15, -0.1) is 0 Å². The number of urea groups is 1. The summed E-state index contributed by atoms with van der Waals surface area (Å²) in [6.45, 7) is 7.33. The molecule has 8 heteroatoms. The smallest absolute Gasteiger partial charge is 0.315 e. The molecule has 1 atom stereocenters. The summed E-state index contributed by atoms with van der Waals surface area (Å²) in [6, 6.07) is 17.8. The first kappa shape index (κ1) is 22.2. The maximum absolute atomic E-state index is 12.3. The Bertz CT molecular complexity index is 1200. The third-order valence-electron chi connectivity index (χ3n) is 6.56. The third kappa shape index (κ3) is 4.97. The number of piperazine rings is 1. The minimum Gasteiger partial charge on any atom is -0.368 e. The third-order valence-corrected chi connectivity index (χ3v) is 6.56. The van der Waals surface area contributed by atoms with Crippen LogP contribution in [0.15, 0.2) is 54.6 Å². The fourth-order valence-corrected chi connectivity index (χ4v) is 4.66. The van der Waals surface area contributed by atoms with E-state index in [-0.39, 0.29) is 11.9 Å². The zero-order chi connectivity index (χ0) is 23.5. The van der Waals surface area contributed by atoms with Gasteiger partial charge in [0.1, 0.15) is 6.04 Å². The van der Waals surface area contributed by atoms with Crippen molar-refractivity contribution in [3.8, 4) is 0 Å². The van der Waals surface area contributed by atoms with Crippen LogP contribution in [-0.2, 0) is 11.2 Å². The Kier molecular flexibility index (Phi) is 6.31. The number of carbonyl (C=O) groups excluding carboxylic acids is 2. The molecule has 3 aromatic rings. The van der Waals surface area contributed by atoms with E-state index in [9.17, 15) is 9.59 Å². The van der Waals surface area contributed by atoms with Gasteiger partial charge in [0.25, 0.3) is 0 Å². The maximum Gasteiger partial charge on any atom is 0.315 e. The molecule has 0 bridgehead atoms. The topological polar surface area (TPSA) is 89.6 Å². The number of hydrogen-bond acceptors (Lipinski definition) is 5. The lowest BCUT2D eigenvalue weighted by Gasteiger charge is -2.36. The molecule has 0 spiro atoms. The first-order valence-corrected chi connectivity index (χ1v) is 11.8. The first-order chi connectivity index (χ1) is 16.5. The molecule has 2 aliphatic heterocycles. The van der Waals surface area contributed by atoms with Gasteiger partial charge in [0.05, 0.1) is 5.52 Å². The summed E-state index contributed by atoms with van der Waals surface area (Å²) < 4.78 is 0. The number of nitrogens with one attached hydrogen (secondary N) is 3. The average Bonchev–Trinajstić information content (AvgIpc) is 3.29. The minimum absolute atomic E-state index is 0.203. The number of amides is 3. The highest BCUT2D eigenvalue weighted by atomic mass is 16.2. The van der Waals surface area contributed by atoms with Crippen LogP contribution in [0.3, 0.4) is 0 Å². The second kappa shape index (κ2) is 9.69. The van der Waals surface area contributed by atoms with Crippen molar-refractivity contribution >= 4 is 34.2 Å². The second-order valence-corrected chi connectivity index (χ2v) is 8.97. The lowest BCUT2D eigenvalue weighted by atomic mass is 10.1. The number of benzene rings is 2. The van der Waals surface area contributed by atoms with E-state index in [1.165, 1.54) is 16.6 Å². The average molecular weight is 459 g/mol. The predicted octanol–water partition coefficient (Wildman–Crippen LogP) is 2.53. The summed E-state index contributed by atoms with van der Waals surface area (Å²) in [6.07, 6.45) is 0.920. The van der Waals surface area contributed by atoms with Gasteiger partial charge in [0.2, 0.25) is 5.91 Å². The number of hydrogen-bond donors (Lipinski definition) is 3. The highest BCUT2D eigenvalue weighted by molar-refractivity contribution is 5.99. The molecule has 2 saturated heterocycles. The van der Waals surface area contributed by atoms with E-state index >= 15 is 0 Å². The van der Waals surface area contributed by atoms with Gasteiger partial charge in [0, 0.05) is 61.7 Å². The summed E-state index contributed by atoms with van der Waals surface area (Å²) in [5.74, 6) is -0.203. The van der Waals surface area contributed by atoms with Gasteiger partial charge in [-0.1, -0.05) is 18.2 Å². The lowest BCUT2D eigenvalue weighted by Crippen LogP contribution is -2.47. The van der Waals surface area contributed by atoms with Crippen LogP contribution in [0.4, 0.5) is 16.2 Å². The summed E-state index contributed by atoms with van der Waals surface area (Å²) in [5, 5.41) is 9.34. The van der Waals surface area contributed by atoms with Crippen LogP contribution < -0.4 is 20.9 Å². The van der Waals surface area contributed by atoms with Crippen molar-refractivity contribution in [3.63, 3.8) is 0 Å². The number of rotatable bonds is 6. The highest BCUT2D eigenvalue weighted by Gasteiger charge is 2.26. The van der Waals surface area contributed by atoms with Crippen LogP contribution in [0.25, 0.3) is 10.9 Å². The van der Waals surface area contributed by atoms with Crippen LogP contribution in [0.5, 0.6) is 0 Å². The molecule has 0 radical (unpaired) electrons. The molecule has 176 valence electrons. The number of aryl methyl sites for hydroxylation is 1. The Hall–Kier alpha value is -3.65. The van der Waals surface area contributed by atoms with Crippen molar-refractivity contribution in [2.45, 2.75) is 19.4 Å². The molecular weight excluding hydrogens is 428 g/mol. The Morgan fingerprint density at radius 2 is 1.91 bits per heavy atom. The quantitative estimate of drug-likeness (QED) is 0.528. The van der Waals surface area contributed by atoms with E-state index in [4.69, 9.17) is 0 Å². The lowest BCUT2D eigenvalue weighted by molar-refractivity contribution is -0.117. The number of nitrogens with zero attached hydrogens (tertiary/aromatic N) is 3. The molecule has 3 amide bonds. The van der Waals surface area contributed by atoms with E-state index in [0.717, 1.165) is 56.0 Å². The van der Waals surface area contributed by atoms with Gasteiger partial charge < -0.3 is 20.9 Å². The molecule has 8 nitrogen and oxygen atoms in total. The molecule has 1 unspecified atom stereocenters. The first-order valence-electron chi connectivity index (χ1n) is 11.8. The van der Waals surface area contributed by atoms with Gasteiger partial charge in [-0.05, 0) is 55.3 Å². The largest absolute Gasteiger partial charge is 0.368 e. The van der Waals surface area contributed by atoms with Crippen LogP contribution >= 0.6 is 0 Å². The number of fused-ring (bicyclic) bond motifs is 1. The summed E-state index contributed by atoms with van der Waals surface area (Å²) in [5.41, 5.74) is 5.30. The number of pyridine rings is 1. The highest BCUT2D eigenvalue weighted by Crippen LogP contribution is 2.27. The molecule has 5 rings (SSSR count). The number of aromatic nitrogens is 1. The zero-order valence-electron chi connectivity index (χ0n) is 19.4. The zero-order valence-corrected chi connectivity index (χ0v) is 19.4. The van der Waals surface area contributed by atoms with E-state index in [1.807, 2.05) is 25.1 Å². The molecule has 0 saturated carbocycles. The summed E-state index contributed by atoms with van der Waals surface area (Å²) in [4.78, 5) is 33.2. The Morgan fingerprint density at radius 3 is 2.71 bits per heavy atom. The molecule has 2 aliphatic rings. The van der Waals surface area contributed by atoms with Crippen molar-refractivity contribution in [1.29, 1.82) is 0 Å². The standard InChI is InChI=1S/C26H30N6O2/c1-18-8-9-21-22(28-18)6-3-7-24(21)32-14-12-31(13-15-32)11-10-19-4-2-5-20(16-19)29-25(33)23-17-27-26(34)30-23/h2-9,16,23H,10-15,17H2,1H3,(H,29,33)(H2,27,30,34). The Labute approximate surface area is 199 Å². The molecule has 3 heterocycles. The van der Waals surface area contributed by atoms with Crippen molar-refractivity contribution in [2.75, 3.05) is 49.5 Å². The van der Waals surface area contributed by atoms with E-state index < -0.39 is 6.04 Å². The molecule has 3 N–H and O–H groups in total. The van der Waals surface area contributed by atoms with Gasteiger partial charge in [-0.25, -0.2) is 4.79 Å². The van der Waals surface area contributed by atoms with E-state index in [2.05, 4.69) is 67.1 Å². The van der Waals surface area contributed by atoms with Crippen molar-refractivity contribution in [2.24, 2.45) is 0 Å². The van der Waals surface area contributed by atoms with Crippen molar-refractivity contribution < 1.29 is 9.59 Å². The normalized spacial score (nSPS) is 18.6. The minimum atomic E-state index is -0.533. The summed E-state index contributed by atoms with van der Waals surface area (Å²) >= 11 is 0. The van der Waals surface area contributed by atoms with Gasteiger partial charge in [-0.2, -0.15) is 0 Å².